The summed E-state index contributed by atoms with van der Waals surface area (Å²) in [6.07, 6.45) is 0. The summed E-state index contributed by atoms with van der Waals surface area (Å²) in [7, 11) is 0. The predicted octanol–water partition coefficient (Wildman–Crippen LogP) is 1.90. The van der Waals surface area contributed by atoms with Crippen LogP contribution in [0.3, 0.4) is 0 Å². The number of hydrogen-bond acceptors (Lipinski definition) is 2. The van der Waals surface area contributed by atoms with E-state index in [1.54, 1.807) is 18.2 Å². The van der Waals surface area contributed by atoms with Crippen LogP contribution in [0, 0.1) is 10.1 Å². The average molecular weight is 313 g/mol. The minimum absolute atomic E-state index is 0.0259. The number of hydrogen-bond donors (Lipinski definition) is 0. The number of benzene rings is 2. The normalized spacial score (nSPS) is 10.2. The summed E-state index contributed by atoms with van der Waals surface area (Å²) < 4.78 is 1.78. The average Bonchev–Trinajstić information content (AvgIpc) is 2.30. The third-order valence-corrected chi connectivity index (χ3v) is 4.63. The van der Waals surface area contributed by atoms with E-state index in [-0.39, 0.29) is 25.7 Å². The van der Waals surface area contributed by atoms with E-state index in [4.69, 9.17) is 11.6 Å². The summed E-state index contributed by atoms with van der Waals surface area (Å²) in [4.78, 5) is 10.5. The van der Waals surface area contributed by atoms with Gasteiger partial charge in [-0.15, -0.1) is 0 Å². The Labute approximate surface area is 110 Å². The first-order chi connectivity index (χ1) is 8.18. The molecule has 0 aliphatic heterocycles. The van der Waals surface area contributed by atoms with E-state index in [2.05, 4.69) is 0 Å². The number of nitrogens with zero attached hydrogens (tertiary/aromatic N) is 1. The molecule has 2 aromatic rings. The van der Waals surface area contributed by atoms with Gasteiger partial charge in [0.2, 0.25) is 0 Å². The fourth-order valence-corrected chi connectivity index (χ4v) is 3.79. The Kier molecular flexibility index (Phi) is 3.79. The van der Waals surface area contributed by atoms with E-state index in [0.717, 1.165) is 4.46 Å². The van der Waals surface area contributed by atoms with E-state index in [0.29, 0.717) is 4.46 Å². The Morgan fingerprint density at radius 1 is 1.06 bits per heavy atom. The SMILES string of the molecule is O=[N+]([O-])c1c(Cl)cccc1[Se]c1ccccc1. The summed E-state index contributed by atoms with van der Waals surface area (Å²) in [6.45, 7) is 0. The van der Waals surface area contributed by atoms with Gasteiger partial charge < -0.3 is 0 Å². The van der Waals surface area contributed by atoms with Crippen LogP contribution in [0.5, 0.6) is 0 Å². The Bertz CT molecular complexity index is 545. The van der Waals surface area contributed by atoms with Crippen LogP contribution in [0.4, 0.5) is 5.69 Å². The fraction of sp³-hybridized carbons (Fsp3) is 0. The Morgan fingerprint density at radius 3 is 2.41 bits per heavy atom. The van der Waals surface area contributed by atoms with E-state index in [1.165, 1.54) is 0 Å². The van der Waals surface area contributed by atoms with Crippen LogP contribution in [0.15, 0.2) is 48.5 Å². The number of nitro groups is 1. The molecule has 17 heavy (non-hydrogen) atoms. The number of rotatable bonds is 3. The fourth-order valence-electron chi connectivity index (χ4n) is 1.37. The van der Waals surface area contributed by atoms with Gasteiger partial charge in [0.05, 0.1) is 0 Å². The van der Waals surface area contributed by atoms with Crippen LogP contribution < -0.4 is 8.92 Å². The second kappa shape index (κ2) is 5.32. The van der Waals surface area contributed by atoms with Crippen LogP contribution in [0.1, 0.15) is 0 Å². The molecule has 0 fully saturated rings. The van der Waals surface area contributed by atoms with Gasteiger partial charge in [-0.25, -0.2) is 0 Å². The Morgan fingerprint density at radius 2 is 1.76 bits per heavy atom. The summed E-state index contributed by atoms with van der Waals surface area (Å²) in [5.41, 5.74) is 0.0259. The molecule has 0 spiro atoms. The molecule has 5 heteroatoms. The molecule has 0 N–H and O–H groups in total. The summed E-state index contributed by atoms with van der Waals surface area (Å²) in [6, 6.07) is 14.7. The topological polar surface area (TPSA) is 43.1 Å². The molecule has 0 aliphatic rings. The zero-order valence-corrected chi connectivity index (χ0v) is 11.1. The molecule has 0 saturated carbocycles. The molecule has 0 aromatic heterocycles. The van der Waals surface area contributed by atoms with E-state index >= 15 is 0 Å². The number of nitro benzene ring substituents is 1. The predicted molar refractivity (Wildman–Crippen MR) is 69.6 cm³/mol. The van der Waals surface area contributed by atoms with Crippen LogP contribution >= 0.6 is 11.6 Å². The van der Waals surface area contributed by atoms with Gasteiger partial charge in [-0.3, -0.25) is 0 Å². The van der Waals surface area contributed by atoms with Gasteiger partial charge in [0, 0.05) is 0 Å². The van der Waals surface area contributed by atoms with Crippen molar-refractivity contribution in [2.24, 2.45) is 0 Å². The van der Waals surface area contributed by atoms with Crippen molar-refractivity contribution in [2.45, 2.75) is 0 Å². The maximum atomic E-state index is 11.0. The van der Waals surface area contributed by atoms with Crippen molar-refractivity contribution >= 4 is 41.2 Å². The van der Waals surface area contributed by atoms with E-state index in [9.17, 15) is 10.1 Å². The van der Waals surface area contributed by atoms with Crippen molar-refractivity contribution < 1.29 is 4.92 Å². The molecule has 0 radical (unpaired) electrons. The molecule has 2 aromatic carbocycles. The first-order valence-electron chi connectivity index (χ1n) is 4.84. The molecule has 0 amide bonds. The first kappa shape index (κ1) is 12.1. The van der Waals surface area contributed by atoms with Crippen LogP contribution in [0.25, 0.3) is 0 Å². The quantitative estimate of drug-likeness (QED) is 0.493. The second-order valence-electron chi connectivity index (χ2n) is 3.26. The molecule has 2 rings (SSSR count). The Balaban J connectivity index is 2.40. The molecule has 86 valence electrons. The monoisotopic (exact) mass is 313 g/mol. The second-order valence-corrected chi connectivity index (χ2v) is 6.01. The molecule has 0 unspecified atom stereocenters. The van der Waals surface area contributed by atoms with Gasteiger partial charge in [-0.05, 0) is 0 Å². The molecule has 0 heterocycles. The third kappa shape index (κ3) is 2.86. The standard InChI is InChI=1S/C12H8ClNO2Se/c13-10-7-4-8-11(12(10)14(15)16)17-9-5-2-1-3-6-9/h1-8H. The van der Waals surface area contributed by atoms with E-state index in [1.807, 2.05) is 30.3 Å². The van der Waals surface area contributed by atoms with Gasteiger partial charge in [0.15, 0.2) is 0 Å². The molecule has 0 bridgehead atoms. The van der Waals surface area contributed by atoms with Crippen LogP contribution in [0.2, 0.25) is 5.02 Å². The summed E-state index contributed by atoms with van der Waals surface area (Å²) in [5, 5.41) is 11.2. The van der Waals surface area contributed by atoms with Gasteiger partial charge >= 0.3 is 110 Å². The molecular weight excluding hydrogens is 305 g/mol. The number of para-hydroxylation sites is 1. The zero-order chi connectivity index (χ0) is 12.3. The third-order valence-electron chi connectivity index (χ3n) is 2.10. The molecular formula is C12H8ClNO2Se. The zero-order valence-electron chi connectivity index (χ0n) is 8.67. The van der Waals surface area contributed by atoms with Gasteiger partial charge in [-0.2, -0.15) is 0 Å². The first-order valence-corrected chi connectivity index (χ1v) is 6.93. The minimum atomic E-state index is -0.414. The van der Waals surface area contributed by atoms with Crippen molar-refractivity contribution in [2.75, 3.05) is 0 Å². The maximum absolute atomic E-state index is 11.0. The molecule has 3 nitrogen and oxygen atoms in total. The van der Waals surface area contributed by atoms with Crippen molar-refractivity contribution in [3.63, 3.8) is 0 Å². The Hall–Kier alpha value is -1.35. The van der Waals surface area contributed by atoms with Crippen molar-refractivity contribution in [3.8, 4) is 0 Å². The van der Waals surface area contributed by atoms with Crippen LogP contribution in [-0.2, 0) is 0 Å². The number of halogens is 1. The van der Waals surface area contributed by atoms with Crippen LogP contribution in [-0.4, -0.2) is 19.9 Å². The van der Waals surface area contributed by atoms with Gasteiger partial charge in [-0.1, -0.05) is 0 Å². The van der Waals surface area contributed by atoms with Crippen molar-refractivity contribution in [1.29, 1.82) is 0 Å². The molecule has 0 saturated heterocycles. The summed E-state index contributed by atoms with van der Waals surface area (Å²) in [5.74, 6) is 0. The van der Waals surface area contributed by atoms with Gasteiger partial charge in [0.25, 0.3) is 0 Å². The van der Waals surface area contributed by atoms with Crippen molar-refractivity contribution in [1.82, 2.24) is 0 Å². The van der Waals surface area contributed by atoms with E-state index < -0.39 is 4.92 Å². The van der Waals surface area contributed by atoms with Gasteiger partial charge in [0.1, 0.15) is 0 Å². The molecule has 0 atom stereocenters. The summed E-state index contributed by atoms with van der Waals surface area (Å²) >= 11 is 5.76. The molecule has 0 aliphatic carbocycles. The van der Waals surface area contributed by atoms with Crippen molar-refractivity contribution in [3.05, 3.63) is 63.7 Å².